The van der Waals surface area contributed by atoms with Crippen molar-refractivity contribution in [1.82, 2.24) is 5.32 Å². The Morgan fingerprint density at radius 1 is 1.41 bits per heavy atom. The van der Waals surface area contributed by atoms with Gasteiger partial charge in [-0.2, -0.15) is 0 Å². The Morgan fingerprint density at radius 2 is 1.88 bits per heavy atom. The first-order valence-electron chi connectivity index (χ1n) is 5.34. The molecule has 17 heavy (non-hydrogen) atoms. The van der Waals surface area contributed by atoms with Gasteiger partial charge in [0.15, 0.2) is 8.38 Å². The first kappa shape index (κ1) is 18.6. The minimum Gasteiger partial charge on any atom is -0.444 e. The van der Waals surface area contributed by atoms with Gasteiger partial charge in [-0.1, -0.05) is 13.8 Å². The Bertz CT molecular complexity index is 227. The lowest BCUT2D eigenvalue weighted by atomic mass is 10.2. The molecule has 1 atom stereocenters. The highest BCUT2D eigenvalue weighted by atomic mass is 31.2. The molecule has 0 rings (SSSR count). The number of ether oxygens (including phenoxy) is 1. The average molecular weight is 267 g/mol. The number of hydrogen-bond donors (Lipinski definition) is 3. The van der Waals surface area contributed by atoms with Crippen molar-refractivity contribution in [3.63, 3.8) is 0 Å². The molecule has 0 saturated heterocycles. The van der Waals surface area contributed by atoms with Crippen molar-refractivity contribution >= 4 is 20.8 Å². The van der Waals surface area contributed by atoms with E-state index in [0.29, 0.717) is 6.29 Å². The maximum atomic E-state index is 11.2. The average Bonchev–Trinajstić information content (AvgIpc) is 2.16. The topological polar surface area (TPSA) is 95.9 Å². The quantitative estimate of drug-likeness (QED) is 0.528. The van der Waals surface area contributed by atoms with E-state index >= 15 is 0 Å². The zero-order valence-electron chi connectivity index (χ0n) is 10.9. The van der Waals surface area contributed by atoms with Gasteiger partial charge in [0.2, 0.25) is 0 Å². The summed E-state index contributed by atoms with van der Waals surface area (Å²) in [5.41, 5.74) is -0.652. The van der Waals surface area contributed by atoms with Gasteiger partial charge in [0, 0.05) is 6.16 Å². The van der Waals surface area contributed by atoms with Crippen molar-refractivity contribution in [2.75, 3.05) is 6.16 Å². The predicted octanol–water partition coefficient (Wildman–Crippen LogP) is 1.40. The first-order chi connectivity index (χ1) is 7.74. The summed E-state index contributed by atoms with van der Waals surface area (Å²) in [6.45, 7) is 9.06. The minimum absolute atomic E-state index is 0.196. The van der Waals surface area contributed by atoms with Crippen LogP contribution < -0.4 is 5.32 Å². The van der Waals surface area contributed by atoms with Crippen molar-refractivity contribution in [3.05, 3.63) is 0 Å². The van der Waals surface area contributed by atoms with E-state index in [2.05, 4.69) is 5.32 Å². The third-order valence-corrected chi connectivity index (χ3v) is 1.95. The molecule has 102 valence electrons. The van der Waals surface area contributed by atoms with Gasteiger partial charge in [0.1, 0.15) is 11.9 Å². The maximum Gasteiger partial charge on any atom is 0.408 e. The fraction of sp³-hybridized carbons (Fsp3) is 0.800. The fourth-order valence-electron chi connectivity index (χ4n) is 0.758. The zero-order chi connectivity index (χ0) is 14.1. The molecule has 0 bridgehead atoms. The van der Waals surface area contributed by atoms with Gasteiger partial charge in [-0.3, -0.25) is 0 Å². The second-order valence-corrected chi connectivity index (χ2v) is 5.05. The molecule has 0 spiro atoms. The number of carbonyl (C=O) groups excluding carboxylic acids is 2. The number of rotatable bonds is 4. The van der Waals surface area contributed by atoms with Crippen LogP contribution >= 0.6 is 8.38 Å². The third kappa shape index (κ3) is 13.2. The van der Waals surface area contributed by atoms with Crippen LogP contribution in [0.25, 0.3) is 0 Å². The molecular weight excluding hydrogens is 245 g/mol. The molecule has 0 radical (unpaired) electrons. The fourth-order valence-corrected chi connectivity index (χ4v) is 1.29. The van der Waals surface area contributed by atoms with E-state index in [1.807, 2.05) is 13.8 Å². The van der Waals surface area contributed by atoms with E-state index in [9.17, 15) is 9.59 Å². The lowest BCUT2D eigenvalue weighted by Crippen LogP contribution is -2.41. The van der Waals surface area contributed by atoms with Crippen molar-refractivity contribution in [2.24, 2.45) is 0 Å². The summed E-state index contributed by atoms with van der Waals surface area (Å²) in [7, 11) is -2.21. The highest BCUT2D eigenvalue weighted by molar-refractivity contribution is 7.45. The second kappa shape index (κ2) is 9.33. The van der Waals surface area contributed by atoms with Crippen molar-refractivity contribution in [1.29, 1.82) is 0 Å². The molecule has 1 amide bonds. The molecule has 0 aromatic rings. The lowest BCUT2D eigenvalue weighted by Gasteiger charge is -2.21. The van der Waals surface area contributed by atoms with Crippen LogP contribution in [0.5, 0.6) is 0 Å². The molecule has 0 saturated carbocycles. The monoisotopic (exact) mass is 267 g/mol. The van der Waals surface area contributed by atoms with E-state index in [1.165, 1.54) is 0 Å². The summed E-state index contributed by atoms with van der Waals surface area (Å²) in [5.74, 6) is 0. The Hall–Kier alpha value is -0.710. The minimum atomic E-state index is -2.21. The summed E-state index contributed by atoms with van der Waals surface area (Å²) < 4.78 is 4.89. The summed E-state index contributed by atoms with van der Waals surface area (Å²) in [6.07, 6.45) is -0.513. The molecule has 0 aliphatic rings. The van der Waals surface area contributed by atoms with E-state index in [-0.39, 0.29) is 6.16 Å². The highest BCUT2D eigenvalue weighted by Crippen LogP contribution is 2.23. The highest BCUT2D eigenvalue weighted by Gasteiger charge is 2.20. The molecule has 0 aliphatic carbocycles. The Morgan fingerprint density at radius 3 is 2.18 bits per heavy atom. The molecule has 6 nitrogen and oxygen atoms in total. The molecule has 0 aliphatic heterocycles. The van der Waals surface area contributed by atoms with Crippen LogP contribution in [0.4, 0.5) is 4.79 Å². The molecule has 0 fully saturated rings. The normalized spacial score (nSPS) is 12.2. The van der Waals surface area contributed by atoms with Gasteiger partial charge in [0.25, 0.3) is 0 Å². The lowest BCUT2D eigenvalue weighted by molar-refractivity contribution is -0.109. The van der Waals surface area contributed by atoms with Crippen molar-refractivity contribution in [2.45, 2.75) is 46.3 Å². The second-order valence-electron chi connectivity index (χ2n) is 3.94. The molecule has 0 aromatic heterocycles. The van der Waals surface area contributed by atoms with E-state index < -0.39 is 26.1 Å². The summed E-state index contributed by atoms with van der Waals surface area (Å²) >= 11 is 0. The maximum absolute atomic E-state index is 11.2. The van der Waals surface area contributed by atoms with Crippen LogP contribution in [0, 0.1) is 0 Å². The Labute approximate surface area is 103 Å². The van der Waals surface area contributed by atoms with Crippen molar-refractivity contribution in [3.8, 4) is 0 Å². The van der Waals surface area contributed by atoms with Crippen LogP contribution in [0.15, 0.2) is 0 Å². The standard InChI is InChI=1S/C8H16NO5P.C2H6/c1-8(2,3)14-7(11)9-6(4-10)5-15(12)13;1-2/h4,6,12-13H,5H2,1-3H3,(H,9,11);1-2H3. The molecule has 0 heterocycles. The van der Waals surface area contributed by atoms with Gasteiger partial charge < -0.3 is 24.6 Å². The van der Waals surface area contributed by atoms with Gasteiger partial charge >= 0.3 is 6.09 Å². The van der Waals surface area contributed by atoms with Gasteiger partial charge in [-0.05, 0) is 20.8 Å². The van der Waals surface area contributed by atoms with Gasteiger partial charge in [0.05, 0.1) is 6.04 Å². The number of aldehydes is 1. The van der Waals surface area contributed by atoms with Gasteiger partial charge in [-0.15, -0.1) is 0 Å². The van der Waals surface area contributed by atoms with Crippen LogP contribution in [0.1, 0.15) is 34.6 Å². The van der Waals surface area contributed by atoms with Crippen LogP contribution in [0.2, 0.25) is 0 Å². The molecule has 3 N–H and O–H groups in total. The van der Waals surface area contributed by atoms with E-state index in [1.54, 1.807) is 20.8 Å². The molecule has 1 unspecified atom stereocenters. The number of hydrogen-bond acceptors (Lipinski definition) is 5. The molecule has 0 aromatic carbocycles. The Kier molecular flexibility index (Phi) is 10.2. The van der Waals surface area contributed by atoms with Gasteiger partial charge in [-0.25, -0.2) is 4.79 Å². The molecular formula is C10H22NO5P. The summed E-state index contributed by atoms with van der Waals surface area (Å²) in [6, 6.07) is -0.930. The molecule has 7 heteroatoms. The Balaban J connectivity index is 0. The van der Waals surface area contributed by atoms with E-state index in [0.717, 1.165) is 0 Å². The summed E-state index contributed by atoms with van der Waals surface area (Å²) in [5, 5.41) is 2.22. The van der Waals surface area contributed by atoms with Crippen LogP contribution in [-0.2, 0) is 9.53 Å². The summed E-state index contributed by atoms with van der Waals surface area (Å²) in [4.78, 5) is 39.0. The van der Waals surface area contributed by atoms with Crippen molar-refractivity contribution < 1.29 is 24.1 Å². The number of nitrogens with one attached hydrogen (secondary N) is 1. The van der Waals surface area contributed by atoms with Crippen LogP contribution in [0.3, 0.4) is 0 Å². The number of alkyl carbamates (subject to hydrolysis) is 1. The smallest absolute Gasteiger partial charge is 0.408 e. The number of amides is 1. The largest absolute Gasteiger partial charge is 0.444 e. The van der Waals surface area contributed by atoms with E-state index in [4.69, 9.17) is 14.5 Å². The predicted molar refractivity (Wildman–Crippen MR) is 66.8 cm³/mol. The number of carbonyl (C=O) groups is 2. The third-order valence-electron chi connectivity index (χ3n) is 1.23. The zero-order valence-corrected chi connectivity index (χ0v) is 11.8. The SMILES string of the molecule is CC.CC(C)(C)OC(=O)NC(C=O)CP(O)O. The van der Waals surface area contributed by atoms with Crippen LogP contribution in [-0.4, -0.2) is 40.0 Å². The first-order valence-corrected chi connectivity index (χ1v) is 6.78.